The zero-order chi connectivity index (χ0) is 11.1. The van der Waals surface area contributed by atoms with Gasteiger partial charge in [-0.1, -0.05) is 37.9 Å². The molecular formula is C10H10B4. The van der Waals surface area contributed by atoms with Crippen molar-refractivity contribution in [2.75, 3.05) is 0 Å². The molecule has 0 nitrogen and oxygen atoms in total. The predicted octanol–water partition coefficient (Wildman–Crippen LogP) is -1.84. The summed E-state index contributed by atoms with van der Waals surface area (Å²) in [5.74, 6) is 0. The summed E-state index contributed by atoms with van der Waals surface area (Å²) >= 11 is 0. The molecule has 0 spiro atoms. The van der Waals surface area contributed by atoms with Crippen molar-refractivity contribution >= 4 is 53.2 Å². The van der Waals surface area contributed by atoms with Gasteiger partial charge in [-0.2, -0.15) is 0 Å². The fourth-order valence-corrected chi connectivity index (χ4v) is 1.60. The van der Waals surface area contributed by atoms with Gasteiger partial charge in [0.2, 0.25) is 0 Å². The fraction of sp³-hybridized carbons (Fsp3) is 0.400. The second kappa shape index (κ2) is 3.56. The lowest BCUT2D eigenvalue weighted by Gasteiger charge is -2.27. The summed E-state index contributed by atoms with van der Waals surface area (Å²) in [6.45, 7) is 6.10. The summed E-state index contributed by atoms with van der Waals surface area (Å²) in [5, 5.41) is 0. The molecule has 0 aliphatic rings. The molecule has 0 fully saturated rings. The van der Waals surface area contributed by atoms with Gasteiger partial charge in [0, 0.05) is 0 Å². The fourth-order valence-electron chi connectivity index (χ4n) is 1.60. The van der Waals surface area contributed by atoms with Gasteiger partial charge in [-0.25, -0.2) is 0 Å². The van der Waals surface area contributed by atoms with Crippen LogP contribution in [0.15, 0.2) is 6.07 Å². The summed E-state index contributed by atoms with van der Waals surface area (Å²) in [7, 11) is 23.1. The van der Waals surface area contributed by atoms with Gasteiger partial charge in [-0.15, -0.1) is 16.4 Å². The van der Waals surface area contributed by atoms with E-state index in [1.54, 1.807) is 6.07 Å². The first-order chi connectivity index (χ1) is 6.25. The highest BCUT2D eigenvalue weighted by atomic mass is 14.2. The summed E-state index contributed by atoms with van der Waals surface area (Å²) in [4.78, 5) is 0. The van der Waals surface area contributed by atoms with Gasteiger partial charge in [-0.05, 0) is 5.41 Å². The van der Waals surface area contributed by atoms with Crippen molar-refractivity contribution in [1.82, 2.24) is 0 Å². The highest BCUT2D eigenvalue weighted by Gasteiger charge is 2.19. The quantitative estimate of drug-likeness (QED) is 0.405. The maximum absolute atomic E-state index is 5.89. The van der Waals surface area contributed by atoms with E-state index < -0.39 is 0 Å². The Bertz CT molecular complexity index is 363. The standard InChI is InChI=1S/C10H10B4/c1-10(2,3)7-5(11)4-6(12)8(13)9(7)14/h4H,1-3H3. The number of benzene rings is 1. The molecule has 0 unspecified atom stereocenters. The molecule has 0 saturated heterocycles. The van der Waals surface area contributed by atoms with E-state index in [1.807, 2.05) is 20.8 Å². The van der Waals surface area contributed by atoms with Crippen LogP contribution in [-0.2, 0) is 5.41 Å². The molecule has 62 valence electrons. The zero-order valence-corrected chi connectivity index (χ0v) is 8.89. The minimum absolute atomic E-state index is 0.129. The Hall–Kier alpha value is -0.520. The van der Waals surface area contributed by atoms with Crippen LogP contribution in [0.4, 0.5) is 0 Å². The van der Waals surface area contributed by atoms with Crippen molar-refractivity contribution in [3.8, 4) is 0 Å². The highest BCUT2D eigenvalue weighted by molar-refractivity contribution is 6.59. The van der Waals surface area contributed by atoms with Crippen molar-refractivity contribution in [3.05, 3.63) is 11.6 Å². The van der Waals surface area contributed by atoms with Gasteiger partial charge in [0.25, 0.3) is 0 Å². The van der Waals surface area contributed by atoms with Crippen LogP contribution < -0.4 is 21.9 Å². The first-order valence-electron chi connectivity index (χ1n) is 4.48. The van der Waals surface area contributed by atoms with Gasteiger partial charge < -0.3 is 0 Å². The number of hydrogen-bond donors (Lipinski definition) is 0. The molecule has 0 amide bonds. The van der Waals surface area contributed by atoms with Crippen LogP contribution in [0.1, 0.15) is 26.3 Å². The second-order valence-corrected chi connectivity index (χ2v) is 4.51. The van der Waals surface area contributed by atoms with Crippen LogP contribution in [0, 0.1) is 0 Å². The lowest BCUT2D eigenvalue weighted by atomic mass is 9.62. The van der Waals surface area contributed by atoms with Crippen molar-refractivity contribution in [2.24, 2.45) is 0 Å². The van der Waals surface area contributed by atoms with Gasteiger partial charge in [0.1, 0.15) is 31.4 Å². The summed E-state index contributed by atoms with van der Waals surface area (Å²) in [6, 6.07) is 1.66. The average Bonchev–Trinajstić information content (AvgIpc) is 1.97. The lowest BCUT2D eigenvalue weighted by molar-refractivity contribution is 0.598. The third kappa shape index (κ3) is 1.94. The van der Waals surface area contributed by atoms with Gasteiger partial charge >= 0.3 is 0 Å². The Balaban J connectivity index is 3.53. The molecule has 0 saturated carbocycles. The molecule has 0 aliphatic carbocycles. The Morgan fingerprint density at radius 2 is 1.36 bits per heavy atom. The van der Waals surface area contributed by atoms with Gasteiger partial charge in [0.05, 0.1) is 0 Å². The van der Waals surface area contributed by atoms with Crippen LogP contribution in [-0.4, -0.2) is 31.4 Å². The molecule has 0 heterocycles. The van der Waals surface area contributed by atoms with Crippen molar-refractivity contribution in [3.63, 3.8) is 0 Å². The maximum atomic E-state index is 5.89. The molecule has 4 heteroatoms. The normalized spacial score (nSPS) is 11.6. The highest BCUT2D eigenvalue weighted by Crippen LogP contribution is 2.16. The molecule has 1 rings (SSSR count). The van der Waals surface area contributed by atoms with E-state index in [4.69, 9.17) is 31.4 Å². The molecular weight excluding hydrogens is 163 g/mol. The first kappa shape index (κ1) is 11.6. The van der Waals surface area contributed by atoms with E-state index in [0.29, 0.717) is 21.9 Å². The van der Waals surface area contributed by atoms with Gasteiger partial charge in [0.15, 0.2) is 0 Å². The zero-order valence-electron chi connectivity index (χ0n) is 8.89. The molecule has 8 radical (unpaired) electrons. The molecule has 14 heavy (non-hydrogen) atoms. The van der Waals surface area contributed by atoms with E-state index >= 15 is 0 Å². The Labute approximate surface area is 91.5 Å². The Morgan fingerprint density at radius 3 is 1.79 bits per heavy atom. The molecule has 0 aliphatic heterocycles. The third-order valence-corrected chi connectivity index (χ3v) is 2.22. The third-order valence-electron chi connectivity index (χ3n) is 2.22. The molecule has 1 aromatic rings. The van der Waals surface area contributed by atoms with Crippen molar-refractivity contribution in [1.29, 1.82) is 0 Å². The molecule has 0 atom stereocenters. The molecule has 0 N–H and O–H groups in total. The topological polar surface area (TPSA) is 0 Å². The molecule has 0 bridgehead atoms. The predicted molar refractivity (Wildman–Crippen MR) is 66.7 cm³/mol. The van der Waals surface area contributed by atoms with Crippen LogP contribution in [0.5, 0.6) is 0 Å². The van der Waals surface area contributed by atoms with E-state index in [9.17, 15) is 0 Å². The van der Waals surface area contributed by atoms with Crippen LogP contribution in [0.2, 0.25) is 0 Å². The average molecular weight is 173 g/mol. The van der Waals surface area contributed by atoms with Crippen LogP contribution >= 0.6 is 0 Å². The van der Waals surface area contributed by atoms with Crippen molar-refractivity contribution in [2.45, 2.75) is 26.2 Å². The first-order valence-corrected chi connectivity index (χ1v) is 4.48. The van der Waals surface area contributed by atoms with Gasteiger partial charge in [-0.3, -0.25) is 0 Å². The van der Waals surface area contributed by atoms with E-state index in [1.165, 1.54) is 0 Å². The minimum atomic E-state index is -0.129. The molecule has 0 aromatic heterocycles. The van der Waals surface area contributed by atoms with Crippen LogP contribution in [0.3, 0.4) is 0 Å². The van der Waals surface area contributed by atoms with Crippen molar-refractivity contribution < 1.29 is 0 Å². The Kier molecular flexibility index (Phi) is 2.94. The van der Waals surface area contributed by atoms with Crippen LogP contribution in [0.25, 0.3) is 0 Å². The van der Waals surface area contributed by atoms with E-state index in [0.717, 1.165) is 5.56 Å². The monoisotopic (exact) mass is 174 g/mol. The minimum Gasteiger partial charge on any atom is -0.110 e. The molecule has 1 aromatic carbocycles. The second-order valence-electron chi connectivity index (χ2n) is 4.51. The summed E-state index contributed by atoms with van der Waals surface area (Å²) in [6.07, 6.45) is 0. The van der Waals surface area contributed by atoms with E-state index in [-0.39, 0.29) is 5.41 Å². The largest absolute Gasteiger partial charge is 0.114 e. The summed E-state index contributed by atoms with van der Waals surface area (Å²) in [5.41, 5.74) is 2.69. The van der Waals surface area contributed by atoms with E-state index in [2.05, 4.69) is 0 Å². The maximum Gasteiger partial charge on any atom is 0.114 e. The Morgan fingerprint density at radius 1 is 0.857 bits per heavy atom. The summed E-state index contributed by atoms with van der Waals surface area (Å²) < 4.78 is 0. The smallest absolute Gasteiger partial charge is 0.110 e. The number of hydrogen-bond acceptors (Lipinski definition) is 0. The number of rotatable bonds is 0. The SMILES string of the molecule is [B]c1cc([B])c(C(C)(C)C)c([B])c1[B]. The lowest BCUT2D eigenvalue weighted by Crippen LogP contribution is -2.48.